The van der Waals surface area contributed by atoms with Crippen LogP contribution in [0, 0.1) is 11.8 Å². The summed E-state index contributed by atoms with van der Waals surface area (Å²) in [5.41, 5.74) is 1.72. The fraction of sp³-hybridized carbons (Fsp3) is 0.750. The Morgan fingerprint density at radius 2 is 1.90 bits per heavy atom. The number of amides is 1. The van der Waals surface area contributed by atoms with Gasteiger partial charge < -0.3 is 10.2 Å². The van der Waals surface area contributed by atoms with Gasteiger partial charge in [-0.1, -0.05) is 13.8 Å². The number of hydrogen-bond donors (Lipinski definition) is 1. The molecular formula is C16H26N4O. The van der Waals surface area contributed by atoms with Crippen molar-refractivity contribution in [3.8, 4) is 0 Å². The minimum absolute atomic E-state index is 0.102. The summed E-state index contributed by atoms with van der Waals surface area (Å²) >= 11 is 0. The largest absolute Gasteiger partial charge is 0.337 e. The van der Waals surface area contributed by atoms with E-state index in [9.17, 15) is 4.79 Å². The highest BCUT2D eigenvalue weighted by molar-refractivity contribution is 5.92. The number of nitrogens with zero attached hydrogens (tertiary/aromatic N) is 3. The van der Waals surface area contributed by atoms with Gasteiger partial charge in [0.2, 0.25) is 0 Å². The van der Waals surface area contributed by atoms with E-state index in [0.717, 1.165) is 56.6 Å². The van der Waals surface area contributed by atoms with E-state index in [1.807, 2.05) is 22.7 Å². The molecule has 0 bridgehead atoms. The predicted molar refractivity (Wildman–Crippen MR) is 82.3 cm³/mol. The van der Waals surface area contributed by atoms with Gasteiger partial charge in [-0.15, -0.1) is 0 Å². The van der Waals surface area contributed by atoms with Crippen LogP contribution < -0.4 is 5.32 Å². The van der Waals surface area contributed by atoms with Crippen molar-refractivity contribution in [2.45, 2.75) is 32.6 Å². The molecule has 0 spiro atoms. The van der Waals surface area contributed by atoms with Crippen LogP contribution in [0.15, 0.2) is 6.07 Å². The molecule has 1 aromatic rings. The Morgan fingerprint density at radius 3 is 2.43 bits per heavy atom. The molecule has 1 amide bonds. The van der Waals surface area contributed by atoms with Crippen molar-refractivity contribution in [3.63, 3.8) is 0 Å². The van der Waals surface area contributed by atoms with Gasteiger partial charge in [-0.3, -0.25) is 9.48 Å². The first kappa shape index (κ1) is 14.6. The Hall–Kier alpha value is -1.36. The van der Waals surface area contributed by atoms with E-state index in [0.29, 0.717) is 11.6 Å². The zero-order valence-corrected chi connectivity index (χ0v) is 13.3. The van der Waals surface area contributed by atoms with Crippen molar-refractivity contribution in [1.29, 1.82) is 0 Å². The molecule has 2 fully saturated rings. The van der Waals surface area contributed by atoms with Gasteiger partial charge in [0.1, 0.15) is 0 Å². The van der Waals surface area contributed by atoms with Crippen LogP contribution in [0.25, 0.3) is 0 Å². The second-order valence-electron chi connectivity index (χ2n) is 6.78. The number of fused-ring (bicyclic) bond motifs is 1. The number of aromatic nitrogens is 2. The molecule has 5 nitrogen and oxygen atoms in total. The molecule has 0 unspecified atom stereocenters. The first-order chi connectivity index (χ1) is 10.1. The van der Waals surface area contributed by atoms with Gasteiger partial charge in [0.05, 0.1) is 0 Å². The standard InChI is InChI=1S/C16H26N4O/c1-11(2)15-8-14(18-19(15)3)16(21)20-6-4-12-9-17-10-13(12)5-7-20/h8,11-13,17H,4-7,9-10H2,1-3H3/t12-,13+. The van der Waals surface area contributed by atoms with Crippen molar-refractivity contribution >= 4 is 5.91 Å². The van der Waals surface area contributed by atoms with Crippen molar-refractivity contribution in [1.82, 2.24) is 20.0 Å². The molecule has 5 heteroatoms. The molecule has 0 saturated carbocycles. The van der Waals surface area contributed by atoms with Crippen LogP contribution in [-0.2, 0) is 7.05 Å². The second kappa shape index (κ2) is 5.79. The lowest BCUT2D eigenvalue weighted by Gasteiger charge is -2.19. The summed E-state index contributed by atoms with van der Waals surface area (Å²) in [6.07, 6.45) is 2.24. The lowest BCUT2D eigenvalue weighted by atomic mass is 9.92. The zero-order chi connectivity index (χ0) is 15.0. The lowest BCUT2D eigenvalue weighted by molar-refractivity contribution is 0.0752. The summed E-state index contributed by atoms with van der Waals surface area (Å²) in [6.45, 7) is 8.24. The van der Waals surface area contributed by atoms with E-state index >= 15 is 0 Å². The molecule has 3 heterocycles. The molecule has 0 radical (unpaired) electrons. The van der Waals surface area contributed by atoms with Crippen LogP contribution in [0.3, 0.4) is 0 Å². The molecule has 3 rings (SSSR count). The first-order valence-corrected chi connectivity index (χ1v) is 8.10. The van der Waals surface area contributed by atoms with Crippen molar-refractivity contribution in [2.24, 2.45) is 18.9 Å². The van der Waals surface area contributed by atoms with E-state index in [1.165, 1.54) is 0 Å². The van der Waals surface area contributed by atoms with Gasteiger partial charge in [0.25, 0.3) is 5.91 Å². The van der Waals surface area contributed by atoms with Gasteiger partial charge in [0.15, 0.2) is 5.69 Å². The number of rotatable bonds is 2. The van der Waals surface area contributed by atoms with Gasteiger partial charge >= 0.3 is 0 Å². The Morgan fingerprint density at radius 1 is 1.29 bits per heavy atom. The van der Waals surface area contributed by atoms with Crippen molar-refractivity contribution in [3.05, 3.63) is 17.5 Å². The van der Waals surface area contributed by atoms with E-state index in [2.05, 4.69) is 24.3 Å². The minimum Gasteiger partial charge on any atom is -0.337 e. The Kier molecular flexibility index (Phi) is 4.02. The average molecular weight is 290 g/mol. The first-order valence-electron chi connectivity index (χ1n) is 8.10. The van der Waals surface area contributed by atoms with E-state index < -0.39 is 0 Å². The Bertz CT molecular complexity index is 508. The summed E-state index contributed by atoms with van der Waals surface area (Å²) in [5, 5.41) is 7.89. The molecule has 1 N–H and O–H groups in total. The van der Waals surface area contributed by atoms with Crippen molar-refractivity contribution < 1.29 is 4.79 Å². The highest BCUT2D eigenvalue weighted by atomic mass is 16.2. The van der Waals surface area contributed by atoms with E-state index in [1.54, 1.807) is 0 Å². The van der Waals surface area contributed by atoms with Gasteiger partial charge in [-0.05, 0) is 49.8 Å². The molecule has 2 aliphatic heterocycles. The number of likely N-dealkylation sites (tertiary alicyclic amines) is 1. The lowest BCUT2D eigenvalue weighted by Crippen LogP contribution is -2.33. The van der Waals surface area contributed by atoms with Crippen LogP contribution in [0.2, 0.25) is 0 Å². The number of carbonyl (C=O) groups is 1. The summed E-state index contributed by atoms with van der Waals surface area (Å²) in [4.78, 5) is 14.7. The van der Waals surface area contributed by atoms with E-state index in [4.69, 9.17) is 0 Å². The second-order valence-corrected chi connectivity index (χ2v) is 6.78. The number of hydrogen-bond acceptors (Lipinski definition) is 3. The highest BCUT2D eigenvalue weighted by Crippen LogP contribution is 2.27. The smallest absolute Gasteiger partial charge is 0.274 e. The van der Waals surface area contributed by atoms with Crippen LogP contribution in [-0.4, -0.2) is 46.8 Å². The van der Waals surface area contributed by atoms with Gasteiger partial charge in [0, 0.05) is 25.8 Å². The fourth-order valence-electron chi connectivity index (χ4n) is 3.71. The van der Waals surface area contributed by atoms with Gasteiger partial charge in [-0.2, -0.15) is 5.10 Å². The topological polar surface area (TPSA) is 50.2 Å². The fourth-order valence-corrected chi connectivity index (χ4v) is 3.71. The van der Waals surface area contributed by atoms with E-state index in [-0.39, 0.29) is 5.91 Å². The molecule has 0 aliphatic carbocycles. The molecular weight excluding hydrogens is 264 g/mol. The van der Waals surface area contributed by atoms with Crippen LogP contribution in [0.1, 0.15) is 48.8 Å². The van der Waals surface area contributed by atoms with Crippen molar-refractivity contribution in [2.75, 3.05) is 26.2 Å². The molecule has 2 atom stereocenters. The monoisotopic (exact) mass is 290 g/mol. The van der Waals surface area contributed by atoms with Gasteiger partial charge in [-0.25, -0.2) is 0 Å². The number of carbonyl (C=O) groups excluding carboxylic acids is 1. The van der Waals surface area contributed by atoms with Crippen LogP contribution in [0.5, 0.6) is 0 Å². The minimum atomic E-state index is 0.102. The maximum absolute atomic E-state index is 12.7. The number of aryl methyl sites for hydroxylation is 1. The third-order valence-corrected chi connectivity index (χ3v) is 5.03. The molecule has 2 saturated heterocycles. The summed E-state index contributed by atoms with van der Waals surface area (Å²) in [6, 6.07) is 1.96. The third kappa shape index (κ3) is 2.84. The molecule has 0 aromatic carbocycles. The molecule has 116 valence electrons. The summed E-state index contributed by atoms with van der Waals surface area (Å²) in [7, 11) is 1.92. The maximum Gasteiger partial charge on any atom is 0.274 e. The van der Waals surface area contributed by atoms with Crippen LogP contribution in [0.4, 0.5) is 0 Å². The predicted octanol–water partition coefficient (Wildman–Crippen LogP) is 1.62. The summed E-state index contributed by atoms with van der Waals surface area (Å²) in [5.74, 6) is 1.99. The normalized spacial score (nSPS) is 26.0. The molecule has 2 aliphatic rings. The summed E-state index contributed by atoms with van der Waals surface area (Å²) < 4.78 is 1.84. The maximum atomic E-state index is 12.7. The average Bonchev–Trinajstić information content (AvgIpc) is 3.00. The number of nitrogens with one attached hydrogen (secondary N) is 1. The Balaban J connectivity index is 1.71. The quantitative estimate of drug-likeness (QED) is 0.900. The zero-order valence-electron chi connectivity index (χ0n) is 13.3. The highest BCUT2D eigenvalue weighted by Gasteiger charge is 2.32. The molecule has 21 heavy (non-hydrogen) atoms. The van der Waals surface area contributed by atoms with Crippen LogP contribution >= 0.6 is 0 Å². The molecule has 1 aromatic heterocycles. The SMILES string of the molecule is CC(C)c1cc(C(=O)N2CC[C@@H]3CNC[C@@H]3CC2)nn1C. The Labute approximate surface area is 126 Å². The third-order valence-electron chi connectivity index (χ3n) is 5.03.